The molecule has 9 atom stereocenters. The number of allylic oxidation sites excluding steroid dienone is 1. The summed E-state index contributed by atoms with van der Waals surface area (Å²) in [4.78, 5) is 23.9. The number of ether oxygens (including phenoxy) is 1. The summed E-state index contributed by atoms with van der Waals surface area (Å²) in [7, 11) is 0. The van der Waals surface area contributed by atoms with Crippen molar-refractivity contribution in [3.63, 3.8) is 0 Å². The van der Waals surface area contributed by atoms with Gasteiger partial charge in [-0.2, -0.15) is 0 Å². The minimum atomic E-state index is -0.606. The minimum Gasteiger partial charge on any atom is -0.463 e. The Kier molecular flexibility index (Phi) is 6.20. The Morgan fingerprint density at radius 3 is 2.74 bits per heavy atom. The zero-order valence-electron chi connectivity index (χ0n) is 19.3. The fourth-order valence-corrected chi connectivity index (χ4v) is 8.46. The van der Waals surface area contributed by atoms with Gasteiger partial charge in [-0.3, -0.25) is 4.79 Å². The lowest BCUT2D eigenvalue weighted by molar-refractivity contribution is -0.137. The normalized spacial score (nSPS) is 45.5. The molecule has 31 heavy (non-hydrogen) atoms. The molecule has 0 aliphatic heterocycles. The fourth-order valence-electron chi connectivity index (χ4n) is 7.98. The van der Waals surface area contributed by atoms with Crippen molar-refractivity contribution < 1.29 is 19.4 Å². The lowest BCUT2D eigenvalue weighted by atomic mass is 9.45. The molecule has 172 valence electrons. The Morgan fingerprint density at radius 1 is 1.29 bits per heavy atom. The van der Waals surface area contributed by atoms with Gasteiger partial charge in [-0.1, -0.05) is 26.8 Å². The molecule has 3 unspecified atom stereocenters. The molecule has 3 fully saturated rings. The number of halogens is 1. The van der Waals surface area contributed by atoms with E-state index in [1.165, 1.54) is 0 Å². The van der Waals surface area contributed by atoms with Crippen molar-refractivity contribution in [2.45, 2.75) is 77.7 Å². The number of alkyl halides is 1. The molecule has 0 spiro atoms. The van der Waals surface area contributed by atoms with E-state index in [9.17, 15) is 14.7 Å². The molecule has 0 heterocycles. The number of esters is 1. The van der Waals surface area contributed by atoms with Gasteiger partial charge in [-0.15, -0.1) is 11.6 Å². The first kappa shape index (κ1) is 23.0. The van der Waals surface area contributed by atoms with Crippen LogP contribution in [0.15, 0.2) is 23.8 Å². The van der Waals surface area contributed by atoms with Gasteiger partial charge < -0.3 is 9.84 Å². The maximum atomic E-state index is 12.1. The SMILES string of the molecule is CCOC(=O)/C=C/[C@@H](C)[C@H]1CCC2C3C(CC[C@@]21C)[C@@]1(C)CCC(=O)C=C1[C@@H](Cl)[C@@H]3O. The van der Waals surface area contributed by atoms with Gasteiger partial charge >= 0.3 is 5.97 Å². The van der Waals surface area contributed by atoms with Crippen LogP contribution in [0.2, 0.25) is 0 Å². The van der Waals surface area contributed by atoms with Crippen LogP contribution in [0.25, 0.3) is 0 Å². The van der Waals surface area contributed by atoms with Crippen molar-refractivity contribution in [3.8, 4) is 0 Å². The average Bonchev–Trinajstić information content (AvgIpc) is 3.08. The summed E-state index contributed by atoms with van der Waals surface area (Å²) in [6, 6.07) is 0. The van der Waals surface area contributed by atoms with Gasteiger partial charge in [0.2, 0.25) is 0 Å². The van der Waals surface area contributed by atoms with Crippen LogP contribution in [0, 0.1) is 40.4 Å². The fraction of sp³-hybridized carbons (Fsp3) is 0.769. The smallest absolute Gasteiger partial charge is 0.330 e. The molecule has 0 aromatic rings. The molecule has 4 rings (SSSR count). The molecule has 0 aromatic heterocycles. The summed E-state index contributed by atoms with van der Waals surface area (Å²) >= 11 is 6.83. The predicted molar refractivity (Wildman–Crippen MR) is 122 cm³/mol. The second-order valence-corrected chi connectivity index (χ2v) is 11.3. The summed E-state index contributed by atoms with van der Waals surface area (Å²) in [5.74, 6) is 1.59. The third-order valence-corrected chi connectivity index (χ3v) is 10.0. The summed E-state index contributed by atoms with van der Waals surface area (Å²) in [5, 5.41) is 10.9. The van der Waals surface area contributed by atoms with Crippen LogP contribution in [-0.4, -0.2) is 34.9 Å². The van der Waals surface area contributed by atoms with Crippen LogP contribution < -0.4 is 0 Å². The topological polar surface area (TPSA) is 63.6 Å². The zero-order valence-corrected chi connectivity index (χ0v) is 20.0. The van der Waals surface area contributed by atoms with E-state index in [4.69, 9.17) is 16.3 Å². The van der Waals surface area contributed by atoms with E-state index >= 15 is 0 Å². The highest BCUT2D eigenvalue weighted by Crippen LogP contribution is 2.68. The zero-order chi connectivity index (χ0) is 22.6. The van der Waals surface area contributed by atoms with Gasteiger partial charge in [0.05, 0.1) is 18.1 Å². The lowest BCUT2D eigenvalue weighted by Gasteiger charge is -2.60. The molecule has 0 bridgehead atoms. The van der Waals surface area contributed by atoms with Crippen LogP contribution in [0.3, 0.4) is 0 Å². The average molecular weight is 449 g/mol. The highest BCUT2D eigenvalue weighted by Gasteiger charge is 2.63. The molecule has 1 N–H and O–H groups in total. The Balaban J connectivity index is 1.60. The molecule has 0 amide bonds. The molecular formula is C26H37ClO4. The Labute approximate surface area is 191 Å². The summed E-state index contributed by atoms with van der Waals surface area (Å²) in [6.07, 6.45) is 10.5. The maximum absolute atomic E-state index is 12.1. The minimum absolute atomic E-state index is 0.0843. The second-order valence-electron chi connectivity index (χ2n) is 10.9. The molecule has 3 saturated carbocycles. The van der Waals surface area contributed by atoms with Gasteiger partial charge in [0.15, 0.2) is 5.78 Å². The van der Waals surface area contributed by atoms with Gasteiger partial charge in [0, 0.05) is 12.5 Å². The standard InChI is InChI=1S/C26H37ClO4/c1-5-31-21(29)9-6-15(2)17-7-8-18-22-19(11-13-25(17,18)3)26(4)12-10-16(28)14-20(26)23(27)24(22)30/h6,9,14-15,17-19,22-24,30H,5,7-8,10-13H2,1-4H3/b9-6+/t15-,17-,18?,19?,22?,23-,24-,25-,26-/m1/s1. The number of rotatable bonds is 4. The first-order valence-electron chi connectivity index (χ1n) is 12.1. The lowest BCUT2D eigenvalue weighted by Crippen LogP contribution is -2.59. The molecule has 0 aromatic carbocycles. The predicted octanol–water partition coefficient (Wildman–Crippen LogP) is 5.08. The highest BCUT2D eigenvalue weighted by atomic mass is 35.5. The quantitative estimate of drug-likeness (QED) is 0.370. The molecule has 4 nitrogen and oxygen atoms in total. The van der Waals surface area contributed by atoms with Crippen molar-refractivity contribution in [2.75, 3.05) is 6.61 Å². The number of hydrogen-bond donors (Lipinski definition) is 1. The number of hydrogen-bond acceptors (Lipinski definition) is 4. The van der Waals surface area contributed by atoms with Crippen molar-refractivity contribution in [2.24, 2.45) is 40.4 Å². The Morgan fingerprint density at radius 2 is 2.03 bits per heavy atom. The molecule has 0 saturated heterocycles. The number of aliphatic hydroxyl groups is 1. The number of aliphatic hydroxyl groups excluding tert-OH is 1. The summed E-state index contributed by atoms with van der Waals surface area (Å²) in [6.45, 7) is 9.09. The first-order chi connectivity index (χ1) is 14.6. The number of carbonyl (C=O) groups is 2. The van der Waals surface area contributed by atoms with Crippen molar-refractivity contribution in [3.05, 3.63) is 23.8 Å². The first-order valence-corrected chi connectivity index (χ1v) is 12.5. The van der Waals surface area contributed by atoms with E-state index in [0.29, 0.717) is 30.8 Å². The van der Waals surface area contributed by atoms with Crippen molar-refractivity contribution >= 4 is 23.4 Å². The maximum Gasteiger partial charge on any atom is 0.330 e. The van der Waals surface area contributed by atoms with E-state index in [2.05, 4.69) is 20.8 Å². The van der Waals surface area contributed by atoms with E-state index < -0.39 is 11.5 Å². The Hall–Kier alpha value is -1.13. The number of ketones is 1. The van der Waals surface area contributed by atoms with Crippen LogP contribution in [0.4, 0.5) is 0 Å². The second kappa shape index (κ2) is 8.33. The van der Waals surface area contributed by atoms with E-state index in [1.54, 1.807) is 12.2 Å². The number of carbonyl (C=O) groups excluding carboxylic acids is 2. The third kappa shape index (κ3) is 3.62. The van der Waals surface area contributed by atoms with Gasteiger partial charge in [0.1, 0.15) is 0 Å². The Bertz CT molecular complexity index is 803. The molecule has 5 heteroatoms. The van der Waals surface area contributed by atoms with E-state index in [0.717, 1.165) is 37.7 Å². The largest absolute Gasteiger partial charge is 0.463 e. The third-order valence-electron chi connectivity index (χ3n) is 9.54. The van der Waals surface area contributed by atoms with E-state index in [1.807, 2.05) is 13.0 Å². The van der Waals surface area contributed by atoms with Crippen LogP contribution in [0.5, 0.6) is 0 Å². The van der Waals surface area contributed by atoms with Crippen molar-refractivity contribution in [1.82, 2.24) is 0 Å². The van der Waals surface area contributed by atoms with Crippen LogP contribution in [0.1, 0.15) is 66.2 Å². The molecule has 4 aliphatic carbocycles. The molecule has 0 radical (unpaired) electrons. The van der Waals surface area contributed by atoms with Crippen LogP contribution in [-0.2, 0) is 14.3 Å². The summed E-state index contributed by atoms with van der Waals surface area (Å²) in [5.41, 5.74) is 1.02. The highest BCUT2D eigenvalue weighted by molar-refractivity contribution is 6.23. The van der Waals surface area contributed by atoms with Gasteiger partial charge in [-0.05, 0) is 91.1 Å². The molecule has 4 aliphatic rings. The van der Waals surface area contributed by atoms with Gasteiger partial charge in [-0.25, -0.2) is 4.79 Å². The van der Waals surface area contributed by atoms with E-state index in [-0.39, 0.29) is 34.4 Å². The summed E-state index contributed by atoms with van der Waals surface area (Å²) < 4.78 is 5.05. The van der Waals surface area contributed by atoms with Gasteiger partial charge in [0.25, 0.3) is 0 Å². The van der Waals surface area contributed by atoms with Crippen molar-refractivity contribution in [1.29, 1.82) is 0 Å². The van der Waals surface area contributed by atoms with Crippen LogP contribution >= 0.6 is 11.6 Å². The molecular weight excluding hydrogens is 412 g/mol. The monoisotopic (exact) mass is 448 g/mol. The number of fused-ring (bicyclic) bond motifs is 5.